The lowest BCUT2D eigenvalue weighted by molar-refractivity contribution is -0.392. The number of hydrogen-bond acceptors (Lipinski definition) is 3. The summed E-state index contributed by atoms with van der Waals surface area (Å²) in [5.41, 5.74) is 0. The minimum Gasteiger partial charge on any atom is -0.381 e. The summed E-state index contributed by atoms with van der Waals surface area (Å²) in [7, 11) is 1.56. The second-order valence-corrected chi connectivity index (χ2v) is 2.31. The van der Waals surface area contributed by atoms with Crippen molar-refractivity contribution < 1.29 is 9.66 Å². The predicted octanol–water partition coefficient (Wildman–Crippen LogP) is 1.04. The summed E-state index contributed by atoms with van der Waals surface area (Å²) < 4.78 is 6.35. The summed E-state index contributed by atoms with van der Waals surface area (Å²) in [4.78, 5) is 9.98. The van der Waals surface area contributed by atoms with Gasteiger partial charge in [0, 0.05) is 13.2 Å². The highest BCUT2D eigenvalue weighted by Crippen LogP contribution is 2.10. The van der Waals surface area contributed by atoms with Crippen molar-refractivity contribution in [3.63, 3.8) is 0 Å². The van der Waals surface area contributed by atoms with E-state index in [1.165, 1.54) is 6.07 Å². The highest BCUT2D eigenvalue weighted by atomic mass is 16.6. The van der Waals surface area contributed by atoms with E-state index < -0.39 is 4.92 Å². The van der Waals surface area contributed by atoms with Gasteiger partial charge in [0.05, 0.1) is 12.8 Å². The molecule has 0 saturated heterocycles. The third kappa shape index (κ3) is 1.82. The molecule has 0 amide bonds. The molecule has 0 unspecified atom stereocenters. The standard InChI is InChI=1S/C7H10N2O3/c1-12-6-5-8-4-2-3-7(8)9(10)11/h2-4H,5-6H2,1H3. The zero-order valence-corrected chi connectivity index (χ0v) is 6.77. The quantitative estimate of drug-likeness (QED) is 0.501. The average Bonchev–Trinajstić information content (AvgIpc) is 2.48. The first-order valence-electron chi connectivity index (χ1n) is 3.54. The Balaban J connectivity index is 2.70. The molecule has 0 spiro atoms. The molecule has 1 rings (SSSR count). The van der Waals surface area contributed by atoms with Crippen molar-refractivity contribution in [2.45, 2.75) is 6.54 Å². The van der Waals surface area contributed by atoms with E-state index in [1.54, 1.807) is 23.9 Å². The molecule has 1 heterocycles. The molecule has 0 aliphatic heterocycles. The minimum atomic E-state index is -0.407. The Hall–Kier alpha value is -1.36. The van der Waals surface area contributed by atoms with Crippen molar-refractivity contribution in [3.8, 4) is 0 Å². The largest absolute Gasteiger partial charge is 0.381 e. The smallest absolute Gasteiger partial charge is 0.323 e. The number of hydrogen-bond donors (Lipinski definition) is 0. The Morgan fingerprint density at radius 3 is 3.08 bits per heavy atom. The number of nitrogens with zero attached hydrogens (tertiary/aromatic N) is 2. The van der Waals surface area contributed by atoms with Gasteiger partial charge in [0.1, 0.15) is 6.54 Å². The van der Waals surface area contributed by atoms with Gasteiger partial charge < -0.3 is 14.9 Å². The second-order valence-electron chi connectivity index (χ2n) is 2.31. The molecule has 0 aliphatic rings. The van der Waals surface area contributed by atoms with E-state index >= 15 is 0 Å². The van der Waals surface area contributed by atoms with Crippen molar-refractivity contribution in [2.75, 3.05) is 13.7 Å². The van der Waals surface area contributed by atoms with Crippen molar-refractivity contribution in [1.29, 1.82) is 0 Å². The topological polar surface area (TPSA) is 57.3 Å². The first kappa shape index (κ1) is 8.73. The molecule has 0 radical (unpaired) electrons. The highest BCUT2D eigenvalue weighted by molar-refractivity contribution is 5.20. The van der Waals surface area contributed by atoms with Crippen LogP contribution in [0, 0.1) is 10.1 Å². The molecule has 0 aromatic carbocycles. The molecular weight excluding hydrogens is 160 g/mol. The third-order valence-corrected chi connectivity index (χ3v) is 1.53. The Morgan fingerprint density at radius 1 is 1.75 bits per heavy atom. The van der Waals surface area contributed by atoms with Crippen molar-refractivity contribution in [1.82, 2.24) is 4.57 Å². The lowest BCUT2D eigenvalue weighted by atomic mass is 10.6. The SMILES string of the molecule is COCCn1cccc1[N+](=O)[O-]. The van der Waals surface area contributed by atoms with Gasteiger partial charge >= 0.3 is 5.82 Å². The van der Waals surface area contributed by atoms with Crippen LogP contribution in [0.2, 0.25) is 0 Å². The number of rotatable bonds is 4. The summed E-state index contributed by atoms with van der Waals surface area (Å²) in [5.74, 6) is 0.104. The highest BCUT2D eigenvalue weighted by Gasteiger charge is 2.09. The van der Waals surface area contributed by atoms with E-state index in [4.69, 9.17) is 4.74 Å². The van der Waals surface area contributed by atoms with Gasteiger partial charge in [0.2, 0.25) is 0 Å². The predicted molar refractivity (Wildman–Crippen MR) is 43.0 cm³/mol. The molecule has 12 heavy (non-hydrogen) atoms. The summed E-state index contributed by atoms with van der Waals surface area (Å²) in [6, 6.07) is 3.11. The van der Waals surface area contributed by atoms with Gasteiger partial charge in [-0.3, -0.25) is 0 Å². The van der Waals surface area contributed by atoms with Crippen LogP contribution >= 0.6 is 0 Å². The van der Waals surface area contributed by atoms with E-state index in [-0.39, 0.29) is 5.82 Å². The molecule has 0 N–H and O–H groups in total. The van der Waals surface area contributed by atoms with Crippen LogP contribution in [0.15, 0.2) is 18.3 Å². The molecule has 1 aromatic rings. The zero-order valence-electron chi connectivity index (χ0n) is 6.77. The first-order chi connectivity index (χ1) is 5.75. The van der Waals surface area contributed by atoms with E-state index in [0.717, 1.165) is 0 Å². The number of ether oxygens (including phenoxy) is 1. The summed E-state index contributed by atoms with van der Waals surface area (Å²) >= 11 is 0. The van der Waals surface area contributed by atoms with Gasteiger partial charge in [0.15, 0.2) is 0 Å². The van der Waals surface area contributed by atoms with Gasteiger partial charge in [0.25, 0.3) is 0 Å². The van der Waals surface area contributed by atoms with Crippen molar-refractivity contribution >= 4 is 5.82 Å². The molecule has 0 fully saturated rings. The molecule has 0 saturated carbocycles. The Morgan fingerprint density at radius 2 is 2.50 bits per heavy atom. The van der Waals surface area contributed by atoms with Gasteiger partial charge in [-0.1, -0.05) is 0 Å². The van der Waals surface area contributed by atoms with Crippen LogP contribution in [-0.4, -0.2) is 23.2 Å². The fraction of sp³-hybridized carbons (Fsp3) is 0.429. The van der Waals surface area contributed by atoms with Crippen LogP contribution in [0.25, 0.3) is 0 Å². The van der Waals surface area contributed by atoms with E-state index in [9.17, 15) is 10.1 Å². The first-order valence-corrected chi connectivity index (χ1v) is 3.54. The molecule has 0 atom stereocenters. The van der Waals surface area contributed by atoms with Crippen LogP contribution in [0.5, 0.6) is 0 Å². The summed E-state index contributed by atoms with van der Waals surface area (Å²) in [5, 5.41) is 10.4. The second kappa shape index (κ2) is 3.87. The molecule has 5 heteroatoms. The summed E-state index contributed by atoms with van der Waals surface area (Å²) in [6.07, 6.45) is 1.66. The van der Waals surface area contributed by atoms with Gasteiger partial charge in [-0.25, -0.2) is 4.57 Å². The van der Waals surface area contributed by atoms with Gasteiger partial charge in [-0.05, 0) is 11.0 Å². The van der Waals surface area contributed by atoms with Crippen molar-refractivity contribution in [2.24, 2.45) is 0 Å². The minimum absolute atomic E-state index is 0.104. The monoisotopic (exact) mass is 170 g/mol. The molecule has 0 aliphatic carbocycles. The maximum absolute atomic E-state index is 10.4. The third-order valence-electron chi connectivity index (χ3n) is 1.53. The Labute approximate surface area is 69.7 Å². The summed E-state index contributed by atoms with van der Waals surface area (Å²) in [6.45, 7) is 0.995. The average molecular weight is 170 g/mol. The number of nitro groups is 1. The zero-order chi connectivity index (χ0) is 8.97. The van der Waals surface area contributed by atoms with E-state index in [2.05, 4.69) is 0 Å². The fourth-order valence-corrected chi connectivity index (χ4v) is 0.950. The van der Waals surface area contributed by atoms with Gasteiger partial charge in [-0.15, -0.1) is 0 Å². The van der Waals surface area contributed by atoms with Crippen LogP contribution in [0.4, 0.5) is 5.82 Å². The molecule has 5 nitrogen and oxygen atoms in total. The maximum atomic E-state index is 10.4. The normalized spacial score (nSPS) is 10.1. The lowest BCUT2D eigenvalue weighted by Crippen LogP contribution is -2.05. The van der Waals surface area contributed by atoms with Crippen LogP contribution < -0.4 is 0 Å². The van der Waals surface area contributed by atoms with Crippen LogP contribution in [-0.2, 0) is 11.3 Å². The van der Waals surface area contributed by atoms with E-state index in [0.29, 0.717) is 13.2 Å². The van der Waals surface area contributed by atoms with Gasteiger partial charge in [-0.2, -0.15) is 0 Å². The molecular formula is C7H10N2O3. The van der Waals surface area contributed by atoms with Crippen LogP contribution in [0.3, 0.4) is 0 Å². The van der Waals surface area contributed by atoms with Crippen LogP contribution in [0.1, 0.15) is 0 Å². The number of methoxy groups -OCH3 is 1. The lowest BCUT2D eigenvalue weighted by Gasteiger charge is -1.99. The van der Waals surface area contributed by atoms with E-state index in [1.807, 2.05) is 0 Å². The number of aromatic nitrogens is 1. The molecule has 1 aromatic heterocycles. The molecule has 0 bridgehead atoms. The maximum Gasteiger partial charge on any atom is 0.323 e. The van der Waals surface area contributed by atoms with Crippen molar-refractivity contribution in [3.05, 3.63) is 28.4 Å². The Kier molecular flexibility index (Phi) is 2.82. The molecule has 66 valence electrons. The Bertz CT molecular complexity index is 269. The fourth-order valence-electron chi connectivity index (χ4n) is 0.950.